The van der Waals surface area contributed by atoms with Crippen molar-refractivity contribution in [2.24, 2.45) is 7.05 Å². The Labute approximate surface area is 175 Å². The summed E-state index contributed by atoms with van der Waals surface area (Å²) in [5, 5.41) is 4.86. The maximum atomic E-state index is 13.1. The van der Waals surface area contributed by atoms with Crippen LogP contribution in [0.15, 0.2) is 59.4 Å². The van der Waals surface area contributed by atoms with Crippen LogP contribution in [-0.4, -0.2) is 21.8 Å². The Bertz CT molecular complexity index is 1160. The van der Waals surface area contributed by atoms with Crippen LogP contribution in [0.5, 0.6) is 5.75 Å². The summed E-state index contributed by atoms with van der Waals surface area (Å²) in [6.45, 7) is 0. The number of nitrogens with zero attached hydrogens (tertiary/aromatic N) is 2. The molecule has 3 aromatic rings. The summed E-state index contributed by atoms with van der Waals surface area (Å²) >= 11 is 0. The Morgan fingerprint density at radius 2 is 1.68 bits per heavy atom. The van der Waals surface area contributed by atoms with Crippen LogP contribution in [0.25, 0.3) is 5.69 Å². The number of aromatic nitrogens is 2. The standard InChI is InChI=1S/C21H19F3N4O3/c1-27-18(13-11-12-13)17(19(29)28(27)14-7-3-2-4-8-14)26-20(30)25-15-9-5-6-10-16(15)31-21(22,23)24/h2-10,13H,11-12H2,1H3,(H2,25,26,30). The molecule has 1 saturated carbocycles. The highest BCUT2D eigenvalue weighted by atomic mass is 19.4. The average molecular weight is 432 g/mol. The predicted octanol–water partition coefficient (Wildman–Crippen LogP) is 4.60. The molecule has 0 aliphatic heterocycles. The first kappa shape index (κ1) is 20.6. The van der Waals surface area contributed by atoms with E-state index < -0.39 is 23.7 Å². The lowest BCUT2D eigenvalue weighted by molar-refractivity contribution is -0.274. The van der Waals surface area contributed by atoms with Crippen LogP contribution in [0.1, 0.15) is 24.5 Å². The Morgan fingerprint density at radius 3 is 2.32 bits per heavy atom. The van der Waals surface area contributed by atoms with Crippen molar-refractivity contribution in [1.82, 2.24) is 9.36 Å². The van der Waals surface area contributed by atoms with E-state index in [1.807, 2.05) is 6.07 Å². The lowest BCUT2D eigenvalue weighted by Gasteiger charge is -2.14. The van der Waals surface area contributed by atoms with Gasteiger partial charge in [0.1, 0.15) is 5.69 Å². The van der Waals surface area contributed by atoms with Crippen molar-refractivity contribution in [1.29, 1.82) is 0 Å². The van der Waals surface area contributed by atoms with Crippen LogP contribution in [0.3, 0.4) is 0 Å². The molecule has 2 N–H and O–H groups in total. The number of carbonyl (C=O) groups excluding carboxylic acids is 1. The molecule has 2 amide bonds. The molecule has 2 aromatic carbocycles. The first-order valence-corrected chi connectivity index (χ1v) is 9.54. The Hall–Kier alpha value is -3.69. The highest BCUT2D eigenvalue weighted by molar-refractivity contribution is 6.01. The van der Waals surface area contributed by atoms with Crippen molar-refractivity contribution in [3.63, 3.8) is 0 Å². The molecule has 4 rings (SSSR count). The molecular weight excluding hydrogens is 413 g/mol. The monoisotopic (exact) mass is 432 g/mol. The molecule has 0 bridgehead atoms. The summed E-state index contributed by atoms with van der Waals surface area (Å²) in [6.07, 6.45) is -3.15. The normalized spacial score (nSPS) is 13.7. The molecule has 162 valence electrons. The van der Waals surface area contributed by atoms with Crippen LogP contribution < -0.4 is 20.9 Å². The van der Waals surface area contributed by atoms with Gasteiger partial charge in [-0.1, -0.05) is 30.3 Å². The molecule has 7 nitrogen and oxygen atoms in total. The molecule has 0 atom stereocenters. The van der Waals surface area contributed by atoms with Crippen molar-refractivity contribution in [2.75, 3.05) is 10.6 Å². The van der Waals surface area contributed by atoms with E-state index in [0.29, 0.717) is 11.4 Å². The number of amides is 2. The zero-order chi connectivity index (χ0) is 22.2. The summed E-state index contributed by atoms with van der Waals surface area (Å²) in [4.78, 5) is 25.7. The fourth-order valence-corrected chi connectivity index (χ4v) is 3.47. The molecule has 1 heterocycles. The number of urea groups is 1. The smallest absolute Gasteiger partial charge is 0.404 e. The van der Waals surface area contributed by atoms with Gasteiger partial charge in [-0.2, -0.15) is 0 Å². The third-order valence-electron chi connectivity index (χ3n) is 4.88. The number of carbonyl (C=O) groups is 1. The molecule has 10 heteroatoms. The van der Waals surface area contributed by atoms with Gasteiger partial charge in [0, 0.05) is 13.0 Å². The van der Waals surface area contributed by atoms with Crippen molar-refractivity contribution >= 4 is 17.4 Å². The summed E-state index contributed by atoms with van der Waals surface area (Å²) in [7, 11) is 1.73. The van der Waals surface area contributed by atoms with Crippen LogP contribution in [0.2, 0.25) is 0 Å². The van der Waals surface area contributed by atoms with Gasteiger partial charge in [-0.05, 0) is 37.1 Å². The number of rotatable bonds is 5. The second-order valence-electron chi connectivity index (χ2n) is 7.13. The van der Waals surface area contributed by atoms with Gasteiger partial charge in [0.15, 0.2) is 5.75 Å². The number of benzene rings is 2. The third-order valence-corrected chi connectivity index (χ3v) is 4.88. The van der Waals surface area contributed by atoms with E-state index in [0.717, 1.165) is 18.9 Å². The minimum Gasteiger partial charge on any atom is -0.404 e. The highest BCUT2D eigenvalue weighted by Gasteiger charge is 2.34. The molecule has 1 aliphatic carbocycles. The largest absolute Gasteiger partial charge is 0.573 e. The van der Waals surface area contributed by atoms with Gasteiger partial charge >= 0.3 is 12.4 Å². The zero-order valence-electron chi connectivity index (χ0n) is 16.4. The van der Waals surface area contributed by atoms with E-state index >= 15 is 0 Å². The molecule has 0 radical (unpaired) electrons. The van der Waals surface area contributed by atoms with E-state index in [2.05, 4.69) is 15.4 Å². The molecule has 1 aromatic heterocycles. The zero-order valence-corrected chi connectivity index (χ0v) is 16.4. The maximum Gasteiger partial charge on any atom is 0.573 e. The van der Waals surface area contributed by atoms with E-state index in [9.17, 15) is 22.8 Å². The first-order valence-electron chi connectivity index (χ1n) is 9.54. The number of anilines is 2. The van der Waals surface area contributed by atoms with E-state index in [1.54, 1.807) is 36.0 Å². The first-order chi connectivity index (χ1) is 14.7. The Morgan fingerprint density at radius 1 is 1.03 bits per heavy atom. The fourth-order valence-electron chi connectivity index (χ4n) is 3.47. The van der Waals surface area contributed by atoms with Gasteiger partial charge in [0.25, 0.3) is 5.56 Å². The maximum absolute atomic E-state index is 13.1. The molecule has 31 heavy (non-hydrogen) atoms. The summed E-state index contributed by atoms with van der Waals surface area (Å²) in [6, 6.07) is 13.3. The highest BCUT2D eigenvalue weighted by Crippen LogP contribution is 2.42. The summed E-state index contributed by atoms with van der Waals surface area (Å²) in [5.74, 6) is -0.430. The van der Waals surface area contributed by atoms with Crippen LogP contribution >= 0.6 is 0 Å². The third kappa shape index (κ3) is 4.42. The quantitative estimate of drug-likeness (QED) is 0.619. The SMILES string of the molecule is Cn1c(C2CC2)c(NC(=O)Nc2ccccc2OC(F)(F)F)c(=O)n1-c1ccccc1. The summed E-state index contributed by atoms with van der Waals surface area (Å²) < 4.78 is 45.0. The molecular formula is C21H19F3N4O3. The van der Waals surface area contributed by atoms with Crippen LogP contribution in [0.4, 0.5) is 29.3 Å². The molecule has 0 spiro atoms. The number of nitrogens with one attached hydrogen (secondary N) is 2. The van der Waals surface area contributed by atoms with Crippen molar-refractivity contribution < 1.29 is 22.7 Å². The minimum absolute atomic E-state index is 0.0978. The lowest BCUT2D eigenvalue weighted by Crippen LogP contribution is -2.26. The van der Waals surface area contributed by atoms with E-state index in [4.69, 9.17) is 0 Å². The van der Waals surface area contributed by atoms with Crippen molar-refractivity contribution in [3.05, 3.63) is 70.6 Å². The number of hydrogen-bond acceptors (Lipinski definition) is 3. The molecule has 1 aliphatic rings. The van der Waals surface area contributed by atoms with Gasteiger partial charge in [-0.25, -0.2) is 9.48 Å². The fraction of sp³-hybridized carbons (Fsp3) is 0.238. The van der Waals surface area contributed by atoms with Crippen molar-refractivity contribution in [3.8, 4) is 11.4 Å². The number of halogens is 3. The molecule has 0 unspecified atom stereocenters. The second-order valence-corrected chi connectivity index (χ2v) is 7.13. The second kappa shape index (κ2) is 7.86. The van der Waals surface area contributed by atoms with Crippen LogP contribution in [0, 0.1) is 0 Å². The number of para-hydroxylation sites is 3. The van der Waals surface area contributed by atoms with Gasteiger partial charge in [-0.3, -0.25) is 9.48 Å². The molecule has 1 fully saturated rings. The number of alkyl halides is 3. The Kier molecular flexibility index (Phi) is 5.22. The Balaban J connectivity index is 1.64. The van der Waals surface area contributed by atoms with Gasteiger partial charge < -0.3 is 15.4 Å². The van der Waals surface area contributed by atoms with Gasteiger partial charge in [-0.15, -0.1) is 13.2 Å². The predicted molar refractivity (Wildman–Crippen MR) is 109 cm³/mol. The minimum atomic E-state index is -4.91. The topological polar surface area (TPSA) is 77.3 Å². The lowest BCUT2D eigenvalue weighted by atomic mass is 10.2. The van der Waals surface area contributed by atoms with E-state index in [-0.39, 0.29) is 17.3 Å². The van der Waals surface area contributed by atoms with Gasteiger partial charge in [0.05, 0.1) is 17.1 Å². The number of hydrogen-bond donors (Lipinski definition) is 2. The molecule has 0 saturated heterocycles. The summed E-state index contributed by atoms with van der Waals surface area (Å²) in [5.41, 5.74) is 0.800. The number of ether oxygens (including phenoxy) is 1. The van der Waals surface area contributed by atoms with Crippen molar-refractivity contribution in [2.45, 2.75) is 25.1 Å². The van der Waals surface area contributed by atoms with E-state index in [1.165, 1.54) is 22.9 Å². The average Bonchev–Trinajstić information content (AvgIpc) is 3.50. The van der Waals surface area contributed by atoms with Gasteiger partial charge in [0.2, 0.25) is 0 Å². The van der Waals surface area contributed by atoms with Crippen LogP contribution in [-0.2, 0) is 7.05 Å².